The molecule has 80 valence electrons. The summed E-state index contributed by atoms with van der Waals surface area (Å²) in [5, 5.41) is 3.58. The predicted octanol–water partition coefficient (Wildman–Crippen LogP) is 2.98. The molecule has 3 atom stereocenters. The topological polar surface area (TPSA) is 12.0 Å². The van der Waals surface area contributed by atoms with Gasteiger partial charge in [0.1, 0.15) is 0 Å². The number of hydrogen-bond donors (Lipinski definition) is 1. The van der Waals surface area contributed by atoms with E-state index in [-0.39, 0.29) is 0 Å². The SMILES string of the molecule is C/C(=C\CC(C)(C)C)C1C2CNC1C2. The van der Waals surface area contributed by atoms with Gasteiger partial charge in [0.25, 0.3) is 0 Å². The predicted molar refractivity (Wildman–Crippen MR) is 61.2 cm³/mol. The Morgan fingerprint density at radius 2 is 2.14 bits per heavy atom. The fourth-order valence-electron chi connectivity index (χ4n) is 2.77. The summed E-state index contributed by atoms with van der Waals surface area (Å²) in [6, 6.07) is 0.816. The zero-order chi connectivity index (χ0) is 10.3. The standard InChI is InChI=1S/C13H23N/c1-9(5-6-13(2,3)4)12-10-7-11(12)14-8-10/h5,10-12,14H,6-8H2,1-4H3/b9-5+. The van der Waals surface area contributed by atoms with Gasteiger partial charge < -0.3 is 5.32 Å². The molecule has 1 heteroatoms. The molecule has 0 aromatic heterocycles. The van der Waals surface area contributed by atoms with Gasteiger partial charge in [0, 0.05) is 6.04 Å². The van der Waals surface area contributed by atoms with Crippen molar-refractivity contribution in [2.75, 3.05) is 6.54 Å². The second-order valence-electron chi connectivity index (χ2n) is 6.25. The van der Waals surface area contributed by atoms with Gasteiger partial charge in [-0.15, -0.1) is 0 Å². The molecule has 2 aliphatic heterocycles. The molecule has 0 aromatic carbocycles. The van der Waals surface area contributed by atoms with E-state index in [9.17, 15) is 0 Å². The quantitative estimate of drug-likeness (QED) is 0.665. The normalized spacial score (nSPS) is 37.1. The van der Waals surface area contributed by atoms with Gasteiger partial charge in [-0.2, -0.15) is 0 Å². The van der Waals surface area contributed by atoms with Gasteiger partial charge in [-0.25, -0.2) is 0 Å². The average Bonchev–Trinajstić information content (AvgIpc) is 2.58. The van der Waals surface area contributed by atoms with Gasteiger partial charge >= 0.3 is 0 Å². The molecule has 0 spiro atoms. The molecule has 3 fully saturated rings. The van der Waals surface area contributed by atoms with Crippen LogP contribution < -0.4 is 5.32 Å². The number of allylic oxidation sites excluding steroid dienone is 1. The first-order chi connectivity index (χ1) is 6.47. The van der Waals surface area contributed by atoms with Crippen LogP contribution in [0.5, 0.6) is 0 Å². The van der Waals surface area contributed by atoms with Crippen LogP contribution in [0.25, 0.3) is 0 Å². The van der Waals surface area contributed by atoms with Crippen molar-refractivity contribution in [2.24, 2.45) is 17.3 Å². The fourth-order valence-corrected chi connectivity index (χ4v) is 2.77. The molecule has 2 saturated heterocycles. The summed E-state index contributed by atoms with van der Waals surface area (Å²) in [5.41, 5.74) is 2.07. The number of hydrogen-bond acceptors (Lipinski definition) is 1. The van der Waals surface area contributed by atoms with E-state index in [0.717, 1.165) is 17.9 Å². The highest BCUT2D eigenvalue weighted by Crippen LogP contribution is 2.44. The lowest BCUT2D eigenvalue weighted by Gasteiger charge is -2.35. The summed E-state index contributed by atoms with van der Waals surface area (Å²) >= 11 is 0. The Bertz CT molecular complexity index is 232. The monoisotopic (exact) mass is 193 g/mol. The molecule has 0 radical (unpaired) electrons. The maximum absolute atomic E-state index is 3.58. The van der Waals surface area contributed by atoms with Crippen LogP contribution in [0, 0.1) is 17.3 Å². The lowest BCUT2D eigenvalue weighted by atomic mass is 9.69. The Balaban J connectivity index is 1.92. The molecule has 2 heterocycles. The number of nitrogens with one attached hydrogen (secondary N) is 1. The summed E-state index contributed by atoms with van der Waals surface area (Å²) < 4.78 is 0. The molecular formula is C13H23N. The second kappa shape index (κ2) is 3.37. The van der Waals surface area contributed by atoms with Crippen LogP contribution in [0.15, 0.2) is 11.6 Å². The maximum atomic E-state index is 3.58. The average molecular weight is 193 g/mol. The minimum Gasteiger partial charge on any atom is -0.313 e. The zero-order valence-electron chi connectivity index (χ0n) is 9.93. The Hall–Kier alpha value is -0.300. The number of rotatable bonds is 2. The summed E-state index contributed by atoms with van der Waals surface area (Å²) in [5.74, 6) is 1.83. The molecule has 2 bridgehead atoms. The first-order valence-electron chi connectivity index (χ1n) is 5.87. The van der Waals surface area contributed by atoms with Crippen LogP contribution in [0.3, 0.4) is 0 Å². The molecule has 14 heavy (non-hydrogen) atoms. The third kappa shape index (κ3) is 1.88. The summed E-state index contributed by atoms with van der Waals surface area (Å²) in [6.45, 7) is 10.5. The van der Waals surface area contributed by atoms with Crippen molar-refractivity contribution in [3.05, 3.63) is 11.6 Å². The van der Waals surface area contributed by atoms with Gasteiger partial charge in [0.15, 0.2) is 0 Å². The van der Waals surface area contributed by atoms with E-state index in [2.05, 4.69) is 39.1 Å². The van der Waals surface area contributed by atoms with Gasteiger partial charge in [0.05, 0.1) is 0 Å². The van der Waals surface area contributed by atoms with Gasteiger partial charge in [0.2, 0.25) is 0 Å². The minimum atomic E-state index is 0.442. The fraction of sp³-hybridized carbons (Fsp3) is 0.846. The van der Waals surface area contributed by atoms with Crippen molar-refractivity contribution < 1.29 is 0 Å². The van der Waals surface area contributed by atoms with Crippen molar-refractivity contribution in [3.63, 3.8) is 0 Å². The van der Waals surface area contributed by atoms with E-state index >= 15 is 0 Å². The van der Waals surface area contributed by atoms with Crippen LogP contribution in [-0.4, -0.2) is 12.6 Å². The zero-order valence-corrected chi connectivity index (χ0v) is 9.93. The van der Waals surface area contributed by atoms with E-state index in [1.54, 1.807) is 5.57 Å². The van der Waals surface area contributed by atoms with Crippen LogP contribution in [0.1, 0.15) is 40.5 Å². The third-order valence-electron chi connectivity index (χ3n) is 3.70. The van der Waals surface area contributed by atoms with Gasteiger partial charge in [-0.3, -0.25) is 0 Å². The highest BCUT2D eigenvalue weighted by atomic mass is 15.0. The molecular weight excluding hydrogens is 170 g/mol. The maximum Gasteiger partial charge on any atom is 0.0139 e. The smallest absolute Gasteiger partial charge is 0.0139 e. The Labute approximate surface area is 88.0 Å². The minimum absolute atomic E-state index is 0.442. The van der Waals surface area contributed by atoms with Crippen LogP contribution in [-0.2, 0) is 0 Å². The molecule has 1 N–H and O–H groups in total. The molecule has 3 rings (SSSR count). The van der Waals surface area contributed by atoms with E-state index in [4.69, 9.17) is 0 Å². The molecule has 1 aliphatic carbocycles. The highest BCUT2D eigenvalue weighted by Gasteiger charge is 2.46. The lowest BCUT2D eigenvalue weighted by molar-refractivity contribution is 0.256. The summed E-state index contributed by atoms with van der Waals surface area (Å²) in [7, 11) is 0. The van der Waals surface area contributed by atoms with E-state index < -0.39 is 0 Å². The Morgan fingerprint density at radius 1 is 1.43 bits per heavy atom. The molecule has 0 aromatic rings. The van der Waals surface area contributed by atoms with Crippen molar-refractivity contribution in [1.29, 1.82) is 0 Å². The Kier molecular flexibility index (Phi) is 2.46. The molecule has 0 amide bonds. The van der Waals surface area contributed by atoms with Gasteiger partial charge in [-0.1, -0.05) is 32.4 Å². The molecule has 3 unspecified atom stereocenters. The first-order valence-corrected chi connectivity index (χ1v) is 5.87. The molecule has 1 saturated carbocycles. The second-order valence-corrected chi connectivity index (χ2v) is 6.25. The molecule has 1 nitrogen and oxygen atoms in total. The van der Waals surface area contributed by atoms with E-state index in [1.807, 2.05) is 0 Å². The lowest BCUT2D eigenvalue weighted by Crippen LogP contribution is -2.37. The van der Waals surface area contributed by atoms with Crippen LogP contribution in [0.4, 0.5) is 0 Å². The summed E-state index contributed by atoms with van der Waals surface area (Å²) in [6.07, 6.45) is 5.11. The first kappa shape index (κ1) is 10.2. The van der Waals surface area contributed by atoms with Crippen molar-refractivity contribution in [1.82, 2.24) is 5.32 Å². The highest BCUT2D eigenvalue weighted by molar-refractivity contribution is 5.19. The third-order valence-corrected chi connectivity index (χ3v) is 3.70. The van der Waals surface area contributed by atoms with Crippen molar-refractivity contribution >= 4 is 0 Å². The van der Waals surface area contributed by atoms with Crippen molar-refractivity contribution in [3.8, 4) is 0 Å². The van der Waals surface area contributed by atoms with Gasteiger partial charge in [-0.05, 0) is 43.6 Å². The van der Waals surface area contributed by atoms with E-state index in [1.165, 1.54) is 19.4 Å². The van der Waals surface area contributed by atoms with Crippen LogP contribution >= 0.6 is 0 Å². The summed E-state index contributed by atoms with van der Waals surface area (Å²) in [4.78, 5) is 0. The molecule has 3 aliphatic rings. The van der Waals surface area contributed by atoms with Crippen LogP contribution in [0.2, 0.25) is 0 Å². The van der Waals surface area contributed by atoms with E-state index in [0.29, 0.717) is 5.41 Å². The Morgan fingerprint density at radius 3 is 2.57 bits per heavy atom. The van der Waals surface area contributed by atoms with Crippen molar-refractivity contribution in [2.45, 2.75) is 46.6 Å². The largest absolute Gasteiger partial charge is 0.313 e. The number of fused-ring (bicyclic) bond motifs is 1.